The van der Waals surface area contributed by atoms with E-state index in [4.69, 9.17) is 21.1 Å². The summed E-state index contributed by atoms with van der Waals surface area (Å²) in [5.41, 5.74) is 0.483. The van der Waals surface area contributed by atoms with Gasteiger partial charge >= 0.3 is 0 Å². The zero-order valence-electron chi connectivity index (χ0n) is 13.9. The molecule has 7 nitrogen and oxygen atoms in total. The first-order valence-electron chi connectivity index (χ1n) is 7.83. The van der Waals surface area contributed by atoms with E-state index >= 15 is 0 Å². The summed E-state index contributed by atoms with van der Waals surface area (Å²) >= 11 is 5.76. The Morgan fingerprint density at radius 2 is 1.73 bits per heavy atom. The molecule has 9 heteroatoms. The lowest BCUT2D eigenvalue weighted by Crippen LogP contribution is -2.41. The number of carbonyl (C=O) groups excluding carboxylic acids is 1. The van der Waals surface area contributed by atoms with Crippen LogP contribution in [0.25, 0.3) is 0 Å². The van der Waals surface area contributed by atoms with Crippen LogP contribution in [0.3, 0.4) is 0 Å². The molecule has 0 fully saturated rings. The second-order valence-corrected chi connectivity index (χ2v) is 7.80. The third-order valence-corrected chi connectivity index (χ3v) is 5.47. The minimum Gasteiger partial charge on any atom is -0.486 e. The number of rotatable bonds is 5. The SMILES string of the molecule is C[C@@H](NS(=O)(=O)c1ccc(Cl)cc1)C(=O)Nc1ccc2c(c1)OCCO2. The van der Waals surface area contributed by atoms with E-state index in [-0.39, 0.29) is 4.90 Å². The molecule has 0 bridgehead atoms. The number of nitrogens with one attached hydrogen (secondary N) is 2. The van der Waals surface area contributed by atoms with Crippen molar-refractivity contribution >= 4 is 33.2 Å². The lowest BCUT2D eigenvalue weighted by atomic mass is 10.2. The van der Waals surface area contributed by atoms with Gasteiger partial charge in [0, 0.05) is 16.8 Å². The molecule has 1 aliphatic heterocycles. The van der Waals surface area contributed by atoms with Crippen LogP contribution < -0.4 is 19.5 Å². The molecule has 0 aromatic heterocycles. The molecule has 0 unspecified atom stereocenters. The first-order chi connectivity index (χ1) is 12.3. The molecule has 0 aliphatic carbocycles. The molecule has 0 radical (unpaired) electrons. The molecule has 138 valence electrons. The maximum Gasteiger partial charge on any atom is 0.242 e. The molecule has 3 rings (SSSR count). The molecular weight excluding hydrogens is 380 g/mol. The Balaban J connectivity index is 1.67. The zero-order chi connectivity index (χ0) is 18.7. The van der Waals surface area contributed by atoms with Gasteiger partial charge in [0.1, 0.15) is 13.2 Å². The van der Waals surface area contributed by atoms with Crippen molar-refractivity contribution in [2.75, 3.05) is 18.5 Å². The van der Waals surface area contributed by atoms with E-state index in [1.807, 2.05) is 0 Å². The van der Waals surface area contributed by atoms with Gasteiger partial charge in [0.05, 0.1) is 10.9 Å². The molecule has 2 aromatic rings. The van der Waals surface area contributed by atoms with Crippen LogP contribution in [0, 0.1) is 0 Å². The molecule has 0 saturated heterocycles. The van der Waals surface area contributed by atoms with E-state index in [1.54, 1.807) is 18.2 Å². The summed E-state index contributed by atoms with van der Waals surface area (Å²) in [6.07, 6.45) is 0. The second kappa shape index (κ2) is 7.53. The molecule has 1 aliphatic rings. The van der Waals surface area contributed by atoms with Crippen molar-refractivity contribution in [3.05, 3.63) is 47.5 Å². The van der Waals surface area contributed by atoms with Crippen LogP contribution in [0.2, 0.25) is 5.02 Å². The third-order valence-electron chi connectivity index (χ3n) is 3.66. The Kier molecular flexibility index (Phi) is 5.36. The minimum absolute atomic E-state index is 0.0286. The fourth-order valence-corrected chi connectivity index (χ4v) is 3.67. The summed E-state index contributed by atoms with van der Waals surface area (Å²) < 4.78 is 37.9. The largest absolute Gasteiger partial charge is 0.486 e. The Morgan fingerprint density at radius 1 is 1.08 bits per heavy atom. The molecule has 26 heavy (non-hydrogen) atoms. The number of sulfonamides is 1. The van der Waals surface area contributed by atoms with Crippen molar-refractivity contribution in [1.82, 2.24) is 4.72 Å². The quantitative estimate of drug-likeness (QED) is 0.809. The van der Waals surface area contributed by atoms with Gasteiger partial charge in [0.15, 0.2) is 11.5 Å². The minimum atomic E-state index is -3.84. The van der Waals surface area contributed by atoms with Crippen molar-refractivity contribution < 1.29 is 22.7 Å². The Hall–Kier alpha value is -2.29. The Bertz CT molecular complexity index is 915. The van der Waals surface area contributed by atoms with Crippen LogP contribution in [0.4, 0.5) is 5.69 Å². The number of benzene rings is 2. The van der Waals surface area contributed by atoms with Gasteiger partial charge in [-0.2, -0.15) is 4.72 Å². The normalized spacial score (nSPS) is 14.5. The first kappa shape index (κ1) is 18.5. The fourth-order valence-electron chi connectivity index (χ4n) is 2.34. The molecule has 1 heterocycles. The average Bonchev–Trinajstić information content (AvgIpc) is 2.61. The van der Waals surface area contributed by atoms with Crippen LogP contribution in [0.1, 0.15) is 6.92 Å². The smallest absolute Gasteiger partial charge is 0.242 e. The van der Waals surface area contributed by atoms with Crippen LogP contribution in [0.15, 0.2) is 47.4 Å². The summed E-state index contributed by atoms with van der Waals surface area (Å²) in [5, 5.41) is 3.08. The van der Waals surface area contributed by atoms with Crippen molar-refractivity contribution in [2.24, 2.45) is 0 Å². The van der Waals surface area contributed by atoms with E-state index in [9.17, 15) is 13.2 Å². The predicted octanol–water partition coefficient (Wildman–Crippen LogP) is 2.42. The number of fused-ring (bicyclic) bond motifs is 1. The summed E-state index contributed by atoms with van der Waals surface area (Å²) in [5.74, 6) is 0.633. The zero-order valence-corrected chi connectivity index (χ0v) is 15.4. The van der Waals surface area contributed by atoms with Gasteiger partial charge in [-0.25, -0.2) is 8.42 Å². The molecule has 1 atom stereocenters. The summed E-state index contributed by atoms with van der Waals surface area (Å²) in [4.78, 5) is 12.3. The van der Waals surface area contributed by atoms with E-state index in [0.717, 1.165) is 0 Å². The topological polar surface area (TPSA) is 93.7 Å². The van der Waals surface area contributed by atoms with Crippen LogP contribution in [-0.2, 0) is 14.8 Å². The van der Waals surface area contributed by atoms with Crippen molar-refractivity contribution in [1.29, 1.82) is 0 Å². The maximum absolute atomic E-state index is 12.3. The standard InChI is InChI=1S/C17H17ClN2O5S/c1-11(20-26(22,23)14-5-2-12(18)3-6-14)17(21)19-13-4-7-15-16(10-13)25-9-8-24-15/h2-7,10-11,20H,8-9H2,1H3,(H,19,21)/t11-/m1/s1. The molecule has 0 saturated carbocycles. The highest BCUT2D eigenvalue weighted by Gasteiger charge is 2.22. The van der Waals surface area contributed by atoms with Gasteiger partial charge in [-0.3, -0.25) is 4.79 Å². The van der Waals surface area contributed by atoms with E-state index in [0.29, 0.717) is 35.4 Å². The number of hydrogen-bond donors (Lipinski definition) is 2. The van der Waals surface area contributed by atoms with E-state index in [1.165, 1.54) is 31.2 Å². The number of ether oxygens (including phenoxy) is 2. The van der Waals surface area contributed by atoms with Crippen LogP contribution in [-0.4, -0.2) is 33.6 Å². The van der Waals surface area contributed by atoms with Gasteiger partial charge in [-0.1, -0.05) is 11.6 Å². The molecule has 1 amide bonds. The molecular formula is C17H17ClN2O5S. The molecule has 0 spiro atoms. The number of hydrogen-bond acceptors (Lipinski definition) is 5. The third kappa shape index (κ3) is 4.27. The van der Waals surface area contributed by atoms with Gasteiger partial charge in [-0.15, -0.1) is 0 Å². The summed E-state index contributed by atoms with van der Waals surface area (Å²) in [6.45, 7) is 2.37. The summed E-state index contributed by atoms with van der Waals surface area (Å²) in [7, 11) is -3.84. The van der Waals surface area contributed by atoms with Crippen molar-refractivity contribution in [3.8, 4) is 11.5 Å². The highest BCUT2D eigenvalue weighted by Crippen LogP contribution is 2.32. The number of anilines is 1. The van der Waals surface area contributed by atoms with Gasteiger partial charge < -0.3 is 14.8 Å². The monoisotopic (exact) mass is 396 g/mol. The van der Waals surface area contributed by atoms with Crippen molar-refractivity contribution in [2.45, 2.75) is 17.9 Å². The molecule has 2 aromatic carbocycles. The predicted molar refractivity (Wildman–Crippen MR) is 97.3 cm³/mol. The Labute approximate surface area is 156 Å². The van der Waals surface area contributed by atoms with Crippen LogP contribution >= 0.6 is 11.6 Å². The van der Waals surface area contributed by atoms with Gasteiger partial charge in [-0.05, 0) is 43.3 Å². The van der Waals surface area contributed by atoms with Crippen molar-refractivity contribution in [3.63, 3.8) is 0 Å². The summed E-state index contributed by atoms with van der Waals surface area (Å²) in [6, 6.07) is 9.67. The molecule has 2 N–H and O–H groups in total. The lowest BCUT2D eigenvalue weighted by molar-refractivity contribution is -0.117. The number of halogens is 1. The van der Waals surface area contributed by atoms with E-state index in [2.05, 4.69) is 10.0 Å². The second-order valence-electron chi connectivity index (χ2n) is 5.64. The first-order valence-corrected chi connectivity index (χ1v) is 9.70. The highest BCUT2D eigenvalue weighted by atomic mass is 35.5. The van der Waals surface area contributed by atoms with Gasteiger partial charge in [0.25, 0.3) is 0 Å². The van der Waals surface area contributed by atoms with E-state index < -0.39 is 22.0 Å². The maximum atomic E-state index is 12.3. The number of amides is 1. The lowest BCUT2D eigenvalue weighted by Gasteiger charge is -2.19. The Morgan fingerprint density at radius 3 is 2.42 bits per heavy atom. The van der Waals surface area contributed by atoms with Gasteiger partial charge in [0.2, 0.25) is 15.9 Å². The fraction of sp³-hybridized carbons (Fsp3) is 0.235. The average molecular weight is 397 g/mol. The van der Waals surface area contributed by atoms with Crippen LogP contribution in [0.5, 0.6) is 11.5 Å². The highest BCUT2D eigenvalue weighted by molar-refractivity contribution is 7.89. The number of carbonyl (C=O) groups is 1.